The standard InChI is InChI=1S/C48H57F2N5O5Si/c1-29(2)61(30(3)4,31(5)6)21-20-37-40(49)19-16-33-22-36(59-28-57-10)23-38(41(33)37)43-42(50)44-39(24-51-43)45(53-46(52-44)58-27-32-14-12-11-13-15-32)54-25-34-17-18-35(26-54)55(34)47(56)60-48(7,8)9/h11-16,19,22-24,29-31,34-35H,17-18,25-28H2,1-10H3/t34-,35+. The van der Waals surface area contributed by atoms with E-state index in [0.717, 1.165) is 18.4 Å². The lowest BCUT2D eigenvalue weighted by molar-refractivity contribution is 0.0122. The Balaban J connectivity index is 1.41. The maximum Gasteiger partial charge on any atom is 0.410 e. The molecule has 7 rings (SSSR count). The zero-order valence-electron chi connectivity index (χ0n) is 36.9. The summed E-state index contributed by atoms with van der Waals surface area (Å²) in [4.78, 5) is 31.6. The molecule has 5 aromatic rings. The van der Waals surface area contributed by atoms with Crippen molar-refractivity contribution in [3.05, 3.63) is 83.6 Å². The third kappa shape index (κ3) is 8.75. The predicted octanol–water partition coefficient (Wildman–Crippen LogP) is 10.8. The second kappa shape index (κ2) is 17.6. The molecule has 4 heterocycles. The number of ether oxygens (including phenoxy) is 4. The molecule has 0 saturated carbocycles. The van der Waals surface area contributed by atoms with Crippen LogP contribution in [0.1, 0.15) is 86.3 Å². The Morgan fingerprint density at radius 1 is 0.918 bits per heavy atom. The first kappa shape index (κ1) is 43.8. The van der Waals surface area contributed by atoms with Crippen LogP contribution < -0.4 is 14.4 Å². The molecule has 2 fully saturated rings. The minimum atomic E-state index is -2.30. The number of amides is 1. The van der Waals surface area contributed by atoms with E-state index in [-0.39, 0.29) is 54.4 Å². The van der Waals surface area contributed by atoms with E-state index in [4.69, 9.17) is 28.9 Å². The van der Waals surface area contributed by atoms with Crippen LogP contribution in [0.5, 0.6) is 11.8 Å². The number of aromatic nitrogens is 3. The zero-order valence-corrected chi connectivity index (χ0v) is 37.9. The van der Waals surface area contributed by atoms with Gasteiger partial charge in [0.1, 0.15) is 48.9 Å². The van der Waals surface area contributed by atoms with E-state index in [9.17, 15) is 4.79 Å². The number of carbonyl (C=O) groups excluding carboxylic acids is 1. The highest BCUT2D eigenvalue weighted by molar-refractivity contribution is 6.90. The van der Waals surface area contributed by atoms with Crippen molar-refractivity contribution in [1.29, 1.82) is 0 Å². The second-order valence-electron chi connectivity index (χ2n) is 18.2. The number of halogens is 2. The summed E-state index contributed by atoms with van der Waals surface area (Å²) < 4.78 is 57.1. The summed E-state index contributed by atoms with van der Waals surface area (Å²) in [6.45, 7) is 19.8. The first-order chi connectivity index (χ1) is 29.0. The van der Waals surface area contributed by atoms with Crippen LogP contribution in [0.15, 0.2) is 60.8 Å². The number of methoxy groups -OCH3 is 1. The SMILES string of the molecule is COCOc1cc(-c2ncc3c(N4C[C@H]5CC[C@@H](C4)N5C(=O)OC(C)(C)C)nc(OCc4ccccc4)nc3c2F)c2c(C#C[Si](C(C)C)(C(C)C)C(C)C)c(F)ccc2c1. The number of benzene rings is 3. The molecule has 13 heteroatoms. The number of fused-ring (bicyclic) bond motifs is 4. The molecule has 3 aromatic carbocycles. The zero-order chi connectivity index (χ0) is 43.8. The van der Waals surface area contributed by atoms with E-state index in [2.05, 4.69) is 62.9 Å². The van der Waals surface area contributed by atoms with Crippen molar-refractivity contribution in [2.45, 2.75) is 116 Å². The van der Waals surface area contributed by atoms with Crippen molar-refractivity contribution in [3.8, 4) is 34.5 Å². The normalized spacial score (nSPS) is 16.8. The predicted molar refractivity (Wildman–Crippen MR) is 238 cm³/mol. The van der Waals surface area contributed by atoms with E-state index in [0.29, 0.717) is 63.0 Å². The lowest BCUT2D eigenvalue weighted by atomic mass is 9.95. The highest BCUT2D eigenvalue weighted by Crippen LogP contribution is 2.43. The van der Waals surface area contributed by atoms with Gasteiger partial charge >= 0.3 is 12.1 Å². The quantitative estimate of drug-likeness (QED) is 0.0731. The van der Waals surface area contributed by atoms with Crippen LogP contribution in [0.25, 0.3) is 32.9 Å². The molecule has 2 saturated heterocycles. The third-order valence-electron chi connectivity index (χ3n) is 12.1. The minimum Gasteiger partial charge on any atom is -0.468 e. The lowest BCUT2D eigenvalue weighted by Crippen LogP contribution is -2.57. The fraction of sp³-hybridized carbons (Fsp3) is 0.458. The monoisotopic (exact) mass is 849 g/mol. The van der Waals surface area contributed by atoms with E-state index in [1.165, 1.54) is 13.2 Å². The highest BCUT2D eigenvalue weighted by atomic mass is 28.3. The summed E-state index contributed by atoms with van der Waals surface area (Å²) in [5.74, 6) is 2.93. The number of nitrogens with zero attached hydrogens (tertiary/aromatic N) is 5. The van der Waals surface area contributed by atoms with E-state index in [1.54, 1.807) is 24.4 Å². The highest BCUT2D eigenvalue weighted by Gasteiger charge is 2.45. The number of carbonyl (C=O) groups is 1. The van der Waals surface area contributed by atoms with E-state index >= 15 is 8.78 Å². The first-order valence-electron chi connectivity index (χ1n) is 21.2. The summed E-state index contributed by atoms with van der Waals surface area (Å²) >= 11 is 0. The molecule has 10 nitrogen and oxygen atoms in total. The molecule has 61 heavy (non-hydrogen) atoms. The Kier molecular flexibility index (Phi) is 12.6. The van der Waals surface area contributed by atoms with Gasteiger partial charge in [-0.3, -0.25) is 9.88 Å². The molecule has 0 radical (unpaired) electrons. The molecule has 0 N–H and O–H groups in total. The number of rotatable bonds is 11. The van der Waals surface area contributed by atoms with Crippen LogP contribution in [0, 0.1) is 23.1 Å². The fourth-order valence-electron chi connectivity index (χ4n) is 9.46. The molecule has 1 amide bonds. The summed E-state index contributed by atoms with van der Waals surface area (Å²) in [7, 11) is -0.789. The number of piperazine rings is 1. The van der Waals surface area contributed by atoms with Crippen LogP contribution in [-0.2, 0) is 16.1 Å². The van der Waals surface area contributed by atoms with Crippen molar-refractivity contribution >= 4 is 41.7 Å². The van der Waals surface area contributed by atoms with Crippen molar-refractivity contribution in [2.75, 3.05) is 31.9 Å². The number of hydrogen-bond acceptors (Lipinski definition) is 9. The molecule has 2 aromatic heterocycles. The summed E-state index contributed by atoms with van der Waals surface area (Å²) in [5.41, 5.74) is 5.29. The van der Waals surface area contributed by atoms with Crippen LogP contribution in [0.4, 0.5) is 19.4 Å². The van der Waals surface area contributed by atoms with Gasteiger partial charge in [0.25, 0.3) is 0 Å². The lowest BCUT2D eigenvalue weighted by Gasteiger charge is -2.42. The van der Waals surface area contributed by atoms with Crippen molar-refractivity contribution in [1.82, 2.24) is 19.9 Å². The molecular weight excluding hydrogens is 793 g/mol. The van der Waals surface area contributed by atoms with E-state index in [1.807, 2.05) is 56.0 Å². The molecule has 2 atom stereocenters. The van der Waals surface area contributed by atoms with Crippen LogP contribution in [-0.4, -0.2) is 78.7 Å². The average molecular weight is 850 g/mol. The Labute approximate surface area is 359 Å². The molecule has 2 aliphatic rings. The topological polar surface area (TPSA) is 99.1 Å². The average Bonchev–Trinajstić information content (AvgIpc) is 3.48. The van der Waals surface area contributed by atoms with Gasteiger partial charge in [0.2, 0.25) is 0 Å². The van der Waals surface area contributed by atoms with Gasteiger partial charge in [0.15, 0.2) is 12.6 Å². The third-order valence-corrected chi connectivity index (χ3v) is 18.4. The summed E-state index contributed by atoms with van der Waals surface area (Å²) in [5, 5.41) is 1.41. The summed E-state index contributed by atoms with van der Waals surface area (Å²) in [6.07, 6.45) is 2.82. The molecular formula is C48H57F2N5O5Si. The van der Waals surface area contributed by atoms with Gasteiger partial charge in [0, 0.05) is 37.3 Å². The maximum atomic E-state index is 17.7. The Morgan fingerprint density at radius 3 is 2.21 bits per heavy atom. The Morgan fingerprint density at radius 2 is 1.59 bits per heavy atom. The number of hydrogen-bond donors (Lipinski definition) is 0. The van der Waals surface area contributed by atoms with Crippen LogP contribution in [0.3, 0.4) is 0 Å². The van der Waals surface area contributed by atoms with Gasteiger partial charge in [-0.15, -0.1) is 5.54 Å². The van der Waals surface area contributed by atoms with Gasteiger partial charge in [-0.2, -0.15) is 9.97 Å². The molecule has 0 unspecified atom stereocenters. The van der Waals surface area contributed by atoms with Crippen molar-refractivity contribution in [2.24, 2.45) is 0 Å². The van der Waals surface area contributed by atoms with Gasteiger partial charge in [0.05, 0.1) is 23.0 Å². The van der Waals surface area contributed by atoms with Gasteiger partial charge < -0.3 is 23.8 Å². The molecule has 2 bridgehead atoms. The Bertz CT molecular complexity index is 2450. The van der Waals surface area contributed by atoms with Gasteiger partial charge in [-0.25, -0.2) is 13.6 Å². The van der Waals surface area contributed by atoms with E-state index < -0.39 is 25.3 Å². The molecule has 0 spiro atoms. The van der Waals surface area contributed by atoms with Gasteiger partial charge in [-0.05, 0) is 79.4 Å². The second-order valence-corrected chi connectivity index (χ2v) is 23.7. The van der Waals surface area contributed by atoms with Crippen molar-refractivity contribution in [3.63, 3.8) is 0 Å². The van der Waals surface area contributed by atoms with Gasteiger partial charge in [-0.1, -0.05) is 83.9 Å². The van der Waals surface area contributed by atoms with Crippen molar-refractivity contribution < 1.29 is 32.5 Å². The fourth-order valence-corrected chi connectivity index (χ4v) is 14.7. The maximum absolute atomic E-state index is 17.7. The number of anilines is 1. The summed E-state index contributed by atoms with van der Waals surface area (Å²) in [6, 6.07) is 15.8. The van der Waals surface area contributed by atoms with Crippen LogP contribution >= 0.6 is 0 Å². The largest absolute Gasteiger partial charge is 0.468 e. The first-order valence-corrected chi connectivity index (χ1v) is 23.5. The Hall–Kier alpha value is -5.32. The minimum absolute atomic E-state index is 0.00812. The van der Waals surface area contributed by atoms with Crippen LogP contribution in [0.2, 0.25) is 16.6 Å². The molecule has 322 valence electrons. The smallest absolute Gasteiger partial charge is 0.410 e. The number of pyridine rings is 1. The molecule has 0 aliphatic carbocycles. The molecule has 2 aliphatic heterocycles.